The summed E-state index contributed by atoms with van der Waals surface area (Å²) in [7, 11) is 2.68. The zero-order valence-corrected chi connectivity index (χ0v) is 25.6. The molecule has 0 heterocycles. The molecule has 11 nitrogen and oxygen atoms in total. The highest BCUT2D eigenvalue weighted by molar-refractivity contribution is 5.88. The third-order valence-corrected chi connectivity index (χ3v) is 7.19. The van der Waals surface area contributed by atoms with E-state index in [0.29, 0.717) is 5.56 Å². The first-order valence-electron chi connectivity index (χ1n) is 14.2. The lowest BCUT2D eigenvalue weighted by atomic mass is 9.98. The molecule has 0 fully saturated rings. The van der Waals surface area contributed by atoms with Gasteiger partial charge in [-0.25, -0.2) is 9.59 Å². The first-order valence-corrected chi connectivity index (χ1v) is 14.2. The maximum absolute atomic E-state index is 13.7. The molecule has 0 aliphatic rings. The molecule has 0 radical (unpaired) electrons. The maximum atomic E-state index is 13.7. The Labute approximate surface area is 253 Å². The highest BCUT2D eigenvalue weighted by atomic mass is 16.5. The molecule has 0 spiro atoms. The summed E-state index contributed by atoms with van der Waals surface area (Å²) < 4.78 is 11.9. The number of ether oxygens (including phenoxy) is 2. The number of carbonyl (C=O) groups is 4. The van der Waals surface area contributed by atoms with Crippen LogP contribution >= 0.6 is 0 Å². The van der Waals surface area contributed by atoms with Crippen molar-refractivity contribution in [1.82, 2.24) is 9.80 Å². The van der Waals surface area contributed by atoms with Crippen molar-refractivity contribution in [3.63, 3.8) is 0 Å². The molecule has 0 saturated carbocycles. The van der Waals surface area contributed by atoms with E-state index in [1.165, 1.54) is 14.1 Å². The number of aliphatic carboxylic acids is 2. The normalized spacial score (nSPS) is 14.9. The first kappa shape index (κ1) is 35.4. The van der Waals surface area contributed by atoms with Crippen LogP contribution in [0.5, 0.6) is 0 Å². The molecule has 5 atom stereocenters. The lowest BCUT2D eigenvalue weighted by Crippen LogP contribution is -2.54. The monoisotopic (exact) mass is 600 g/mol. The molecule has 2 amide bonds. The third kappa shape index (κ3) is 10.2. The predicted octanol–water partition coefficient (Wildman–Crippen LogP) is 3.04. The predicted molar refractivity (Wildman–Crippen MR) is 159 cm³/mol. The average Bonchev–Trinajstić information content (AvgIpc) is 2.95. The first-order chi connectivity index (χ1) is 20.3. The number of carboxylic acids is 2. The Morgan fingerprint density at radius 3 is 1.47 bits per heavy atom. The number of carbonyl (C=O) groups excluding carboxylic acids is 2. The second kappa shape index (κ2) is 16.7. The minimum Gasteiger partial charge on any atom is -0.480 e. The van der Waals surface area contributed by atoms with Gasteiger partial charge in [-0.2, -0.15) is 0 Å². The van der Waals surface area contributed by atoms with Crippen LogP contribution in [-0.2, 0) is 41.9 Å². The number of benzene rings is 2. The Balaban J connectivity index is 2.42. The van der Waals surface area contributed by atoms with Crippen molar-refractivity contribution in [2.45, 2.75) is 77.7 Å². The van der Waals surface area contributed by atoms with Crippen LogP contribution < -0.4 is 0 Å². The van der Waals surface area contributed by atoms with Crippen LogP contribution in [0, 0.1) is 11.8 Å². The van der Waals surface area contributed by atoms with Crippen molar-refractivity contribution in [3.05, 3.63) is 71.8 Å². The number of likely N-dealkylation sites (N-methyl/N-ethyl adjacent to an activating group) is 2. The van der Waals surface area contributed by atoms with Crippen molar-refractivity contribution >= 4 is 23.8 Å². The van der Waals surface area contributed by atoms with Gasteiger partial charge in [-0.3, -0.25) is 9.59 Å². The number of carboxylic acid groups (broad SMARTS) is 2. The molecule has 0 aliphatic carbocycles. The molecule has 2 rings (SSSR count). The van der Waals surface area contributed by atoms with Gasteiger partial charge in [-0.15, -0.1) is 0 Å². The molecule has 11 heteroatoms. The fourth-order valence-corrected chi connectivity index (χ4v) is 4.96. The lowest BCUT2D eigenvalue weighted by Gasteiger charge is -2.34. The van der Waals surface area contributed by atoms with Gasteiger partial charge in [0.2, 0.25) is 0 Å². The minimum atomic E-state index is -1.61. The molecule has 0 aliphatic heterocycles. The van der Waals surface area contributed by atoms with Crippen molar-refractivity contribution in [2.24, 2.45) is 11.8 Å². The van der Waals surface area contributed by atoms with E-state index in [4.69, 9.17) is 9.47 Å². The zero-order valence-electron chi connectivity index (χ0n) is 25.6. The van der Waals surface area contributed by atoms with Crippen LogP contribution in [0.4, 0.5) is 0 Å². The van der Waals surface area contributed by atoms with Crippen LogP contribution in [-0.4, -0.2) is 93.4 Å². The van der Waals surface area contributed by atoms with Crippen LogP contribution in [0.15, 0.2) is 60.7 Å². The number of aliphatic hydroxyl groups is 1. The van der Waals surface area contributed by atoms with E-state index < -0.39 is 72.4 Å². The van der Waals surface area contributed by atoms with Gasteiger partial charge in [0.1, 0.15) is 18.2 Å². The molecule has 2 unspecified atom stereocenters. The summed E-state index contributed by atoms with van der Waals surface area (Å²) in [5, 5.41) is 31.0. The van der Waals surface area contributed by atoms with E-state index in [1.54, 1.807) is 76.2 Å². The summed E-state index contributed by atoms with van der Waals surface area (Å²) in [5.41, 5.74) is 1.45. The summed E-state index contributed by atoms with van der Waals surface area (Å²) in [6, 6.07) is 15.6. The molecule has 3 N–H and O–H groups in total. The van der Waals surface area contributed by atoms with Crippen molar-refractivity contribution in [1.29, 1.82) is 0 Å². The third-order valence-electron chi connectivity index (χ3n) is 7.19. The molecular formula is C32H44N2O9. The van der Waals surface area contributed by atoms with Gasteiger partial charge in [-0.1, -0.05) is 88.4 Å². The molecule has 0 aromatic heterocycles. The summed E-state index contributed by atoms with van der Waals surface area (Å²) >= 11 is 0. The summed E-state index contributed by atoms with van der Waals surface area (Å²) in [5.74, 6) is -4.74. The topological polar surface area (TPSA) is 154 Å². The minimum absolute atomic E-state index is 0.0188. The number of rotatable bonds is 17. The van der Waals surface area contributed by atoms with Crippen molar-refractivity contribution in [2.75, 3.05) is 14.1 Å². The second-order valence-corrected chi connectivity index (χ2v) is 11.3. The van der Waals surface area contributed by atoms with Crippen LogP contribution in [0.25, 0.3) is 0 Å². The number of nitrogens with zero attached hydrogens (tertiary/aromatic N) is 2. The van der Waals surface area contributed by atoms with Gasteiger partial charge in [-0.05, 0) is 23.0 Å². The maximum Gasteiger partial charge on any atom is 0.326 e. The smallest absolute Gasteiger partial charge is 0.326 e. The molecule has 0 saturated heterocycles. The molecule has 43 heavy (non-hydrogen) atoms. The lowest BCUT2D eigenvalue weighted by molar-refractivity contribution is -0.167. The highest BCUT2D eigenvalue weighted by Crippen LogP contribution is 2.21. The molecule has 0 bridgehead atoms. The van der Waals surface area contributed by atoms with Crippen LogP contribution in [0.1, 0.15) is 45.2 Å². The second-order valence-electron chi connectivity index (χ2n) is 11.3. The van der Waals surface area contributed by atoms with Gasteiger partial charge < -0.3 is 34.6 Å². The van der Waals surface area contributed by atoms with Gasteiger partial charge in [0.05, 0.1) is 19.3 Å². The largest absolute Gasteiger partial charge is 0.480 e. The summed E-state index contributed by atoms with van der Waals surface area (Å²) in [6.07, 6.45) is -4.92. The van der Waals surface area contributed by atoms with Gasteiger partial charge >= 0.3 is 11.9 Å². The summed E-state index contributed by atoms with van der Waals surface area (Å²) in [4.78, 5) is 53.4. The van der Waals surface area contributed by atoms with Gasteiger partial charge in [0, 0.05) is 20.5 Å². The van der Waals surface area contributed by atoms with E-state index in [2.05, 4.69) is 0 Å². The summed E-state index contributed by atoms with van der Waals surface area (Å²) in [6.45, 7) is 6.58. The van der Waals surface area contributed by atoms with E-state index in [9.17, 15) is 34.5 Å². The van der Waals surface area contributed by atoms with E-state index >= 15 is 0 Å². The Morgan fingerprint density at radius 1 is 0.674 bits per heavy atom. The Hall–Kier alpha value is -3.80. The van der Waals surface area contributed by atoms with Gasteiger partial charge in [0.25, 0.3) is 11.8 Å². The zero-order chi connectivity index (χ0) is 32.3. The van der Waals surface area contributed by atoms with Gasteiger partial charge in [0.15, 0.2) is 6.10 Å². The Bertz CT molecular complexity index is 1190. The average molecular weight is 601 g/mol. The van der Waals surface area contributed by atoms with E-state index in [1.807, 2.05) is 12.1 Å². The number of aliphatic hydroxyl groups excluding tert-OH is 1. The number of amides is 2. The van der Waals surface area contributed by atoms with Crippen LogP contribution in [0.2, 0.25) is 0 Å². The highest BCUT2D eigenvalue weighted by Gasteiger charge is 2.40. The fourth-order valence-electron chi connectivity index (χ4n) is 4.96. The molecule has 2 aromatic rings. The quantitative estimate of drug-likeness (QED) is 0.249. The standard InChI is InChI=1S/C32H44N2O9/c1-20(2)26(31(38)39)33(5)29(36)25(42-18-22-13-9-7-10-14-22)17-24(35)28(43-19-23-15-11-8-12-16-23)30(37)34(6)27(21(3)4)32(40)41/h7-16,20-21,24-28,35H,17-19H2,1-6H3,(H,38,39)(H,40,41)/t24-,25-,26?,27?,28-/m1/s1. The SMILES string of the molecule is CC(C)C(C(=O)O)N(C)C(=O)[C@@H](C[C@@H](O)[C@@H](OCc1ccccc1)C(=O)N(C)C(C(=O)O)C(C)C)OCc1ccccc1. The Kier molecular flexibility index (Phi) is 13.8. The molecule has 236 valence electrons. The fraction of sp³-hybridized carbons (Fsp3) is 0.500. The Morgan fingerprint density at radius 2 is 1.07 bits per heavy atom. The van der Waals surface area contributed by atoms with Crippen molar-refractivity contribution < 1.29 is 44.0 Å². The number of hydrogen-bond acceptors (Lipinski definition) is 7. The molecular weight excluding hydrogens is 556 g/mol. The van der Waals surface area contributed by atoms with Crippen molar-refractivity contribution in [3.8, 4) is 0 Å². The van der Waals surface area contributed by atoms with E-state index in [0.717, 1.165) is 15.4 Å². The number of hydrogen-bond donors (Lipinski definition) is 3. The van der Waals surface area contributed by atoms with E-state index in [-0.39, 0.29) is 13.2 Å². The molecule has 2 aromatic carbocycles. The van der Waals surface area contributed by atoms with Crippen LogP contribution in [0.3, 0.4) is 0 Å².